The molecule has 0 aromatic heterocycles. The molecule has 0 saturated heterocycles. The van der Waals surface area contributed by atoms with Gasteiger partial charge in [-0.3, -0.25) is 4.79 Å². The van der Waals surface area contributed by atoms with Crippen molar-refractivity contribution in [2.24, 2.45) is 5.92 Å². The van der Waals surface area contributed by atoms with E-state index in [0.29, 0.717) is 18.7 Å². The summed E-state index contributed by atoms with van der Waals surface area (Å²) >= 11 is 0. The van der Waals surface area contributed by atoms with Gasteiger partial charge in [-0.05, 0) is 30.5 Å². The minimum atomic E-state index is -0.0317. The van der Waals surface area contributed by atoms with Gasteiger partial charge in [-0.15, -0.1) is 0 Å². The topological polar surface area (TPSA) is 64.3 Å². The summed E-state index contributed by atoms with van der Waals surface area (Å²) in [5.74, 6) is 0.262. The number of amides is 1. The highest BCUT2D eigenvalue weighted by molar-refractivity contribution is 5.76. The minimum absolute atomic E-state index is 0.0317. The number of carbonyl (C=O) groups excluding carboxylic acids is 1. The Morgan fingerprint density at radius 3 is 2.78 bits per heavy atom. The van der Waals surface area contributed by atoms with Gasteiger partial charge in [0.2, 0.25) is 5.91 Å². The van der Waals surface area contributed by atoms with Crippen LogP contribution in [0.2, 0.25) is 0 Å². The van der Waals surface area contributed by atoms with Crippen LogP contribution in [0.1, 0.15) is 31.9 Å². The Hall–Kier alpha value is -1.55. The fourth-order valence-corrected chi connectivity index (χ4v) is 1.87. The third-order valence-electron chi connectivity index (χ3n) is 2.77. The van der Waals surface area contributed by atoms with E-state index in [-0.39, 0.29) is 17.9 Å². The molecule has 1 amide bonds. The van der Waals surface area contributed by atoms with Crippen molar-refractivity contribution < 1.29 is 9.53 Å². The summed E-state index contributed by atoms with van der Waals surface area (Å²) in [6.45, 7) is 4.54. The quantitative estimate of drug-likeness (QED) is 0.760. The fourth-order valence-electron chi connectivity index (χ4n) is 1.87. The van der Waals surface area contributed by atoms with Crippen molar-refractivity contribution in [2.75, 3.05) is 19.5 Å². The van der Waals surface area contributed by atoms with Crippen LogP contribution in [0, 0.1) is 5.92 Å². The van der Waals surface area contributed by atoms with E-state index in [1.54, 1.807) is 7.11 Å². The zero-order chi connectivity index (χ0) is 13.5. The number of anilines is 1. The second-order valence-electron chi connectivity index (χ2n) is 4.72. The van der Waals surface area contributed by atoms with E-state index in [2.05, 4.69) is 5.32 Å². The highest BCUT2D eigenvalue weighted by Crippen LogP contribution is 2.15. The first-order valence-corrected chi connectivity index (χ1v) is 6.16. The van der Waals surface area contributed by atoms with E-state index >= 15 is 0 Å². The highest BCUT2D eigenvalue weighted by atomic mass is 16.5. The lowest BCUT2D eigenvalue weighted by molar-refractivity contribution is -0.122. The summed E-state index contributed by atoms with van der Waals surface area (Å²) in [4.78, 5) is 11.8. The molecule has 0 aliphatic carbocycles. The van der Waals surface area contributed by atoms with Gasteiger partial charge in [-0.25, -0.2) is 0 Å². The SMILES string of the molecule is COCC(C)CC(=O)NC(C)c1cccc(N)c1. The van der Waals surface area contributed by atoms with E-state index < -0.39 is 0 Å². The predicted molar refractivity (Wildman–Crippen MR) is 73.1 cm³/mol. The monoisotopic (exact) mass is 250 g/mol. The number of methoxy groups -OCH3 is 1. The molecule has 0 spiro atoms. The molecule has 2 atom stereocenters. The minimum Gasteiger partial charge on any atom is -0.399 e. The standard InChI is InChI=1S/C14H22N2O2/c1-10(9-18-3)7-14(17)16-11(2)12-5-4-6-13(15)8-12/h4-6,8,10-11H,7,9,15H2,1-3H3,(H,16,17). The molecule has 4 heteroatoms. The lowest BCUT2D eigenvalue weighted by atomic mass is 10.1. The van der Waals surface area contributed by atoms with Crippen molar-refractivity contribution in [1.82, 2.24) is 5.32 Å². The zero-order valence-electron chi connectivity index (χ0n) is 11.3. The van der Waals surface area contributed by atoms with Crippen LogP contribution in [0.15, 0.2) is 24.3 Å². The number of nitrogens with one attached hydrogen (secondary N) is 1. The molecule has 0 aliphatic heterocycles. The summed E-state index contributed by atoms with van der Waals surface area (Å²) in [6.07, 6.45) is 0.473. The van der Waals surface area contributed by atoms with Crippen molar-refractivity contribution in [3.05, 3.63) is 29.8 Å². The first kappa shape index (κ1) is 14.5. The van der Waals surface area contributed by atoms with Crippen LogP contribution < -0.4 is 11.1 Å². The molecule has 0 aliphatic rings. The van der Waals surface area contributed by atoms with Gasteiger partial charge >= 0.3 is 0 Å². The Balaban J connectivity index is 2.49. The van der Waals surface area contributed by atoms with Crippen molar-refractivity contribution in [3.63, 3.8) is 0 Å². The largest absolute Gasteiger partial charge is 0.399 e. The van der Waals surface area contributed by atoms with E-state index in [1.807, 2.05) is 38.1 Å². The molecule has 0 heterocycles. The van der Waals surface area contributed by atoms with Gasteiger partial charge in [-0.1, -0.05) is 19.1 Å². The number of hydrogen-bond donors (Lipinski definition) is 2. The first-order valence-electron chi connectivity index (χ1n) is 6.16. The number of nitrogens with two attached hydrogens (primary N) is 1. The molecule has 1 aromatic rings. The van der Waals surface area contributed by atoms with Gasteiger partial charge in [0.15, 0.2) is 0 Å². The van der Waals surface area contributed by atoms with Gasteiger partial charge < -0.3 is 15.8 Å². The number of carbonyl (C=O) groups is 1. The lowest BCUT2D eigenvalue weighted by Gasteiger charge is -2.16. The number of hydrogen-bond acceptors (Lipinski definition) is 3. The summed E-state index contributed by atoms with van der Waals surface area (Å²) in [7, 11) is 1.64. The summed E-state index contributed by atoms with van der Waals surface area (Å²) in [5.41, 5.74) is 7.44. The van der Waals surface area contributed by atoms with Crippen molar-refractivity contribution in [3.8, 4) is 0 Å². The van der Waals surface area contributed by atoms with Crippen molar-refractivity contribution in [2.45, 2.75) is 26.3 Å². The van der Waals surface area contributed by atoms with Crippen LogP contribution in [0.25, 0.3) is 0 Å². The third-order valence-corrected chi connectivity index (χ3v) is 2.77. The van der Waals surface area contributed by atoms with E-state index in [9.17, 15) is 4.79 Å². The van der Waals surface area contributed by atoms with E-state index in [0.717, 1.165) is 5.56 Å². The Bertz CT molecular complexity index is 393. The van der Waals surface area contributed by atoms with Crippen LogP contribution in [0.3, 0.4) is 0 Å². The molecule has 2 unspecified atom stereocenters. The summed E-state index contributed by atoms with van der Waals surface area (Å²) < 4.78 is 5.01. The molecular formula is C14H22N2O2. The number of benzene rings is 1. The van der Waals surface area contributed by atoms with Gasteiger partial charge in [0.25, 0.3) is 0 Å². The molecule has 100 valence electrons. The maximum atomic E-state index is 11.8. The summed E-state index contributed by atoms with van der Waals surface area (Å²) in [5, 5.41) is 2.96. The van der Waals surface area contributed by atoms with Crippen molar-refractivity contribution in [1.29, 1.82) is 0 Å². The first-order chi connectivity index (χ1) is 8.52. The second-order valence-corrected chi connectivity index (χ2v) is 4.72. The average molecular weight is 250 g/mol. The number of rotatable bonds is 6. The Kier molecular flexibility index (Phi) is 5.65. The lowest BCUT2D eigenvalue weighted by Crippen LogP contribution is -2.28. The molecule has 0 bridgehead atoms. The molecule has 1 aromatic carbocycles. The van der Waals surface area contributed by atoms with Gasteiger partial charge in [0.05, 0.1) is 6.04 Å². The highest BCUT2D eigenvalue weighted by Gasteiger charge is 2.12. The Morgan fingerprint density at radius 1 is 1.44 bits per heavy atom. The molecule has 4 nitrogen and oxygen atoms in total. The van der Waals surface area contributed by atoms with E-state index in [4.69, 9.17) is 10.5 Å². The maximum absolute atomic E-state index is 11.8. The van der Waals surface area contributed by atoms with Crippen LogP contribution in [-0.2, 0) is 9.53 Å². The van der Waals surface area contributed by atoms with Crippen LogP contribution in [-0.4, -0.2) is 19.6 Å². The van der Waals surface area contributed by atoms with Gasteiger partial charge in [-0.2, -0.15) is 0 Å². The smallest absolute Gasteiger partial charge is 0.220 e. The normalized spacial score (nSPS) is 13.9. The van der Waals surface area contributed by atoms with Crippen molar-refractivity contribution >= 4 is 11.6 Å². The second kappa shape index (κ2) is 7.01. The van der Waals surface area contributed by atoms with Crippen LogP contribution in [0.5, 0.6) is 0 Å². The molecule has 1 rings (SSSR count). The predicted octanol–water partition coefficient (Wildman–Crippen LogP) is 2.12. The Morgan fingerprint density at radius 2 is 2.17 bits per heavy atom. The molecule has 18 heavy (non-hydrogen) atoms. The zero-order valence-corrected chi connectivity index (χ0v) is 11.3. The molecular weight excluding hydrogens is 228 g/mol. The van der Waals surface area contributed by atoms with Crippen LogP contribution in [0.4, 0.5) is 5.69 Å². The number of nitrogen functional groups attached to an aromatic ring is 1. The average Bonchev–Trinajstić information content (AvgIpc) is 2.28. The van der Waals surface area contributed by atoms with E-state index in [1.165, 1.54) is 0 Å². The molecule has 0 fully saturated rings. The number of ether oxygens (including phenoxy) is 1. The summed E-state index contributed by atoms with van der Waals surface area (Å²) in [6, 6.07) is 7.53. The third kappa shape index (κ3) is 4.75. The van der Waals surface area contributed by atoms with Crippen LogP contribution >= 0.6 is 0 Å². The molecule has 0 radical (unpaired) electrons. The maximum Gasteiger partial charge on any atom is 0.220 e. The molecule has 3 N–H and O–H groups in total. The van der Waals surface area contributed by atoms with Gasteiger partial charge in [0, 0.05) is 25.8 Å². The molecule has 0 saturated carbocycles. The van der Waals surface area contributed by atoms with Gasteiger partial charge in [0.1, 0.15) is 0 Å². The Labute approximate surface area is 109 Å². The fraction of sp³-hybridized carbons (Fsp3) is 0.500.